The maximum Gasteiger partial charge on any atom is 0.212 e. The van der Waals surface area contributed by atoms with Crippen molar-refractivity contribution >= 4 is 17.3 Å². The van der Waals surface area contributed by atoms with Crippen molar-refractivity contribution in [2.45, 2.75) is 31.3 Å². The van der Waals surface area contributed by atoms with Gasteiger partial charge >= 0.3 is 0 Å². The van der Waals surface area contributed by atoms with Gasteiger partial charge in [-0.1, -0.05) is 30.3 Å². The number of nitrogens with one attached hydrogen (secondary N) is 1. The van der Waals surface area contributed by atoms with Crippen LogP contribution in [0.4, 0.5) is 5.69 Å². The quantitative estimate of drug-likeness (QED) is 0.792. The molecule has 2 N–H and O–H groups in total. The van der Waals surface area contributed by atoms with E-state index < -0.39 is 5.92 Å². The third-order valence-electron chi connectivity index (χ3n) is 6.44. The molecule has 7 heteroatoms. The molecule has 2 aromatic rings. The Kier molecular flexibility index (Phi) is 4.92. The summed E-state index contributed by atoms with van der Waals surface area (Å²) in [5, 5.41) is 14.0. The molecule has 30 heavy (non-hydrogen) atoms. The zero-order valence-electron chi connectivity index (χ0n) is 17.0. The number of ether oxygens (including phenoxy) is 1. The second kappa shape index (κ2) is 7.74. The maximum absolute atomic E-state index is 13.6. The van der Waals surface area contributed by atoms with Crippen LogP contribution >= 0.6 is 0 Å². The van der Waals surface area contributed by atoms with Crippen LogP contribution in [-0.4, -0.2) is 54.6 Å². The van der Waals surface area contributed by atoms with Crippen molar-refractivity contribution in [1.29, 1.82) is 0 Å². The summed E-state index contributed by atoms with van der Waals surface area (Å²) in [5.41, 5.74) is 6.87. The third-order valence-corrected chi connectivity index (χ3v) is 6.44. The van der Waals surface area contributed by atoms with Gasteiger partial charge in [0.25, 0.3) is 0 Å². The molecule has 0 saturated carbocycles. The van der Waals surface area contributed by atoms with Crippen molar-refractivity contribution in [3.63, 3.8) is 0 Å². The number of para-hydroxylation sites is 1. The highest BCUT2D eigenvalue weighted by Gasteiger charge is 2.42. The molecule has 156 valence electrons. The zero-order chi connectivity index (χ0) is 20.7. The molecule has 3 heterocycles. The predicted octanol–water partition coefficient (Wildman–Crippen LogP) is 2.05. The van der Waals surface area contributed by atoms with E-state index >= 15 is 0 Å². The second-order valence-electron chi connectivity index (χ2n) is 8.02. The molecule has 1 saturated heterocycles. The molecule has 2 atom stereocenters. The molecule has 0 aliphatic carbocycles. The van der Waals surface area contributed by atoms with Gasteiger partial charge in [0.2, 0.25) is 5.78 Å². The van der Waals surface area contributed by atoms with Gasteiger partial charge in [0.1, 0.15) is 12.4 Å². The molecule has 0 bridgehead atoms. The average Bonchev–Trinajstić information content (AvgIpc) is 3.44. The molecule has 7 nitrogen and oxygen atoms in total. The van der Waals surface area contributed by atoms with E-state index in [0.717, 1.165) is 41.8 Å². The Morgan fingerprint density at radius 1 is 1.23 bits per heavy atom. The average molecular weight is 406 g/mol. The number of rotatable bonds is 5. The van der Waals surface area contributed by atoms with E-state index in [4.69, 9.17) is 4.74 Å². The minimum atomic E-state index is -0.475. The molecule has 0 amide bonds. The Balaban J connectivity index is 1.64. The van der Waals surface area contributed by atoms with Crippen LogP contribution in [0.25, 0.3) is 0 Å². The van der Waals surface area contributed by atoms with Gasteiger partial charge < -0.3 is 14.7 Å². The monoisotopic (exact) mass is 406 g/mol. The van der Waals surface area contributed by atoms with Crippen LogP contribution < -0.4 is 15.1 Å². The van der Waals surface area contributed by atoms with E-state index in [1.807, 2.05) is 41.3 Å². The van der Waals surface area contributed by atoms with Gasteiger partial charge in [-0.15, -0.1) is 0 Å². The van der Waals surface area contributed by atoms with Crippen molar-refractivity contribution in [1.82, 2.24) is 10.3 Å². The summed E-state index contributed by atoms with van der Waals surface area (Å²) in [6, 6.07) is 14.2. The number of hydrogen-bond donors (Lipinski definition) is 2. The number of hydrazone groups is 1. The maximum atomic E-state index is 13.6. The van der Waals surface area contributed by atoms with E-state index in [0.29, 0.717) is 24.8 Å². The number of methoxy groups -OCH3 is 1. The van der Waals surface area contributed by atoms with Crippen LogP contribution in [-0.2, 0) is 11.3 Å². The Hall–Kier alpha value is -2.90. The van der Waals surface area contributed by atoms with Crippen LogP contribution in [0.2, 0.25) is 0 Å². The molecule has 1 unspecified atom stereocenters. The van der Waals surface area contributed by atoms with Crippen molar-refractivity contribution in [2.75, 3.05) is 31.8 Å². The number of amidine groups is 1. The third kappa shape index (κ3) is 2.97. The second-order valence-corrected chi connectivity index (χ2v) is 8.02. The number of aliphatic hydroxyl groups is 1. The fourth-order valence-electron chi connectivity index (χ4n) is 5.00. The van der Waals surface area contributed by atoms with Gasteiger partial charge in [0, 0.05) is 23.8 Å². The highest BCUT2D eigenvalue weighted by Crippen LogP contribution is 2.43. The van der Waals surface area contributed by atoms with E-state index in [1.165, 1.54) is 0 Å². The Morgan fingerprint density at radius 2 is 2.10 bits per heavy atom. The Labute approximate surface area is 175 Å². The van der Waals surface area contributed by atoms with E-state index in [9.17, 15) is 9.90 Å². The first-order chi connectivity index (χ1) is 14.7. The fourth-order valence-corrected chi connectivity index (χ4v) is 5.00. The summed E-state index contributed by atoms with van der Waals surface area (Å²) in [7, 11) is 1.65. The number of likely N-dealkylation sites (tertiary alicyclic amines) is 1. The van der Waals surface area contributed by atoms with E-state index in [2.05, 4.69) is 21.5 Å². The Morgan fingerprint density at radius 3 is 2.93 bits per heavy atom. The minimum Gasteiger partial charge on any atom is -0.496 e. The van der Waals surface area contributed by atoms with E-state index in [-0.39, 0.29) is 18.4 Å². The first-order valence-electron chi connectivity index (χ1n) is 10.4. The van der Waals surface area contributed by atoms with Gasteiger partial charge in [0.15, 0.2) is 5.84 Å². The molecule has 0 aromatic heterocycles. The highest BCUT2D eigenvalue weighted by atomic mass is 16.5. The van der Waals surface area contributed by atoms with Crippen LogP contribution in [0.1, 0.15) is 35.4 Å². The predicted molar refractivity (Wildman–Crippen MR) is 115 cm³/mol. The summed E-state index contributed by atoms with van der Waals surface area (Å²) >= 11 is 0. The van der Waals surface area contributed by atoms with Gasteiger partial charge in [-0.25, -0.2) is 0 Å². The van der Waals surface area contributed by atoms with Gasteiger partial charge in [0.05, 0.1) is 19.6 Å². The number of carbonyl (C=O) groups is 1. The number of ketones is 1. The minimum absolute atomic E-state index is 0.0235. The number of benzene rings is 2. The number of fused-ring (bicyclic) bond motifs is 3. The number of carbonyl (C=O) groups excluding carboxylic acids is 1. The summed E-state index contributed by atoms with van der Waals surface area (Å²) < 4.78 is 5.74. The van der Waals surface area contributed by atoms with Gasteiger partial charge in [-0.2, -0.15) is 5.10 Å². The van der Waals surface area contributed by atoms with Crippen LogP contribution in [0.3, 0.4) is 0 Å². The van der Waals surface area contributed by atoms with Crippen molar-refractivity contribution in [3.8, 4) is 5.75 Å². The lowest BCUT2D eigenvalue weighted by Gasteiger charge is -2.34. The lowest BCUT2D eigenvalue weighted by molar-refractivity contribution is -0.113. The van der Waals surface area contributed by atoms with Crippen molar-refractivity contribution in [3.05, 3.63) is 59.2 Å². The van der Waals surface area contributed by atoms with Gasteiger partial charge in [-0.3, -0.25) is 15.1 Å². The van der Waals surface area contributed by atoms with Crippen molar-refractivity contribution in [2.24, 2.45) is 5.10 Å². The molecule has 0 spiro atoms. The standard InChI is InChI=1S/C23H26N4O3/c1-30-19-10-4-6-15(12-26-11-5-7-16(26)13-28)20(19)21-17-8-2-3-9-18(17)27-14-24-25-23(27)22(21)29/h2-4,6,8-10,16,21,24,28H,5,7,11-14H2,1H3/t16-,21?/m0/s1. The lowest BCUT2D eigenvalue weighted by Crippen LogP contribution is -2.42. The summed E-state index contributed by atoms with van der Waals surface area (Å²) in [6.45, 7) is 2.27. The molecule has 2 aromatic carbocycles. The van der Waals surface area contributed by atoms with Crippen molar-refractivity contribution < 1.29 is 14.6 Å². The normalized spacial score (nSPS) is 23.1. The molecular formula is C23H26N4O3. The largest absolute Gasteiger partial charge is 0.496 e. The van der Waals surface area contributed by atoms with Crippen LogP contribution in [0, 0.1) is 0 Å². The molecule has 5 rings (SSSR count). The molecular weight excluding hydrogens is 380 g/mol. The zero-order valence-corrected chi connectivity index (χ0v) is 17.0. The molecule has 0 radical (unpaired) electrons. The number of aliphatic hydroxyl groups excluding tert-OH is 1. The number of Topliss-reactive ketones (excluding diaryl/α,β-unsaturated/α-hetero) is 1. The first kappa shape index (κ1) is 19.1. The number of hydrogen-bond acceptors (Lipinski definition) is 7. The molecule has 3 aliphatic heterocycles. The summed E-state index contributed by atoms with van der Waals surface area (Å²) in [4.78, 5) is 17.9. The fraction of sp³-hybridized carbons (Fsp3) is 0.391. The molecule has 3 aliphatic rings. The first-order valence-corrected chi connectivity index (χ1v) is 10.4. The summed E-state index contributed by atoms with van der Waals surface area (Å²) in [5.74, 6) is 0.660. The van der Waals surface area contributed by atoms with Crippen LogP contribution in [0.15, 0.2) is 47.6 Å². The van der Waals surface area contributed by atoms with Crippen LogP contribution in [0.5, 0.6) is 5.75 Å². The highest BCUT2D eigenvalue weighted by molar-refractivity contribution is 6.48. The number of nitrogens with zero attached hydrogens (tertiary/aromatic N) is 3. The number of anilines is 1. The topological polar surface area (TPSA) is 77.4 Å². The smallest absolute Gasteiger partial charge is 0.212 e. The SMILES string of the molecule is COc1cccc(CN2CCC[C@H]2CO)c1C1C(=O)C2=NNCN2c2ccccc21. The Bertz CT molecular complexity index is 1010. The molecule has 1 fully saturated rings. The van der Waals surface area contributed by atoms with Gasteiger partial charge in [-0.05, 0) is 42.6 Å². The lowest BCUT2D eigenvalue weighted by atomic mass is 9.80. The summed E-state index contributed by atoms with van der Waals surface area (Å²) in [6.07, 6.45) is 2.07. The van der Waals surface area contributed by atoms with E-state index in [1.54, 1.807) is 7.11 Å².